The lowest BCUT2D eigenvalue weighted by molar-refractivity contribution is -0.121. The fourth-order valence-corrected chi connectivity index (χ4v) is 4.98. The lowest BCUT2D eigenvalue weighted by Gasteiger charge is -2.33. The molecule has 0 aliphatic carbocycles. The van der Waals surface area contributed by atoms with Gasteiger partial charge in [0.2, 0.25) is 5.91 Å². The van der Waals surface area contributed by atoms with Crippen LogP contribution < -0.4 is 10.6 Å². The minimum absolute atomic E-state index is 0.210. The van der Waals surface area contributed by atoms with Crippen LogP contribution in [0.3, 0.4) is 0 Å². The predicted molar refractivity (Wildman–Crippen MR) is 149 cm³/mol. The summed E-state index contributed by atoms with van der Waals surface area (Å²) < 4.78 is 10.9. The van der Waals surface area contributed by atoms with E-state index in [4.69, 9.17) is 32.7 Å². The van der Waals surface area contributed by atoms with Gasteiger partial charge in [0.05, 0.1) is 16.0 Å². The minimum atomic E-state index is -0.593. The van der Waals surface area contributed by atoms with Gasteiger partial charge in [-0.2, -0.15) is 0 Å². The van der Waals surface area contributed by atoms with Crippen LogP contribution in [0.15, 0.2) is 24.5 Å². The topological polar surface area (TPSA) is 106 Å². The number of hydrogen-bond acceptors (Lipinski definition) is 7. The second-order valence-electron chi connectivity index (χ2n) is 10.8. The van der Waals surface area contributed by atoms with Crippen molar-refractivity contribution in [3.8, 4) is 11.1 Å². The standard InChI is InChI=1S/C27H35Cl2N5O4/c1-27(2,3)38-26(36)34-8-4-5-18(16-34)25(35)33-24-12-20(22(29)15-32-24)19-11-23(31-14-21(19)28)30-13-17-6-9-37-10-7-17/h11-12,14-15,17-18H,4-10,13,16H2,1-3H3,(H,30,31)(H,32,33,35)/t18-/m1/s1. The van der Waals surface area contributed by atoms with Gasteiger partial charge >= 0.3 is 6.09 Å². The molecule has 9 nitrogen and oxygen atoms in total. The van der Waals surface area contributed by atoms with E-state index in [2.05, 4.69) is 20.6 Å². The molecular weight excluding hydrogens is 529 g/mol. The van der Waals surface area contributed by atoms with Crippen LogP contribution in [0, 0.1) is 11.8 Å². The molecule has 2 aliphatic rings. The molecule has 38 heavy (non-hydrogen) atoms. The number of carbonyl (C=O) groups excluding carboxylic acids is 2. The number of nitrogens with one attached hydrogen (secondary N) is 2. The molecular formula is C27H35Cl2N5O4. The Labute approximate surface area is 233 Å². The van der Waals surface area contributed by atoms with Gasteiger partial charge in [0.25, 0.3) is 0 Å². The Bertz CT molecular complexity index is 1150. The van der Waals surface area contributed by atoms with Crippen LogP contribution >= 0.6 is 23.2 Å². The summed E-state index contributed by atoms with van der Waals surface area (Å²) in [5.74, 6) is 0.996. The van der Waals surface area contributed by atoms with Crippen molar-refractivity contribution in [3.63, 3.8) is 0 Å². The zero-order chi connectivity index (χ0) is 27.3. The van der Waals surface area contributed by atoms with Crippen molar-refractivity contribution in [3.05, 3.63) is 34.6 Å². The molecule has 2 N–H and O–H groups in total. The largest absolute Gasteiger partial charge is 0.444 e. The van der Waals surface area contributed by atoms with E-state index in [1.54, 1.807) is 17.2 Å². The lowest BCUT2D eigenvalue weighted by Crippen LogP contribution is -2.45. The number of hydrogen-bond donors (Lipinski definition) is 2. The number of ether oxygens (including phenoxy) is 2. The number of nitrogens with zero attached hydrogens (tertiary/aromatic N) is 3. The third kappa shape index (κ3) is 7.71. The molecule has 2 fully saturated rings. The normalized spacial score (nSPS) is 18.7. The number of anilines is 2. The van der Waals surface area contributed by atoms with Crippen LogP contribution in [-0.4, -0.2) is 65.3 Å². The summed E-state index contributed by atoms with van der Waals surface area (Å²) in [5, 5.41) is 7.12. The summed E-state index contributed by atoms with van der Waals surface area (Å²) in [4.78, 5) is 35.9. The SMILES string of the molecule is CC(C)(C)OC(=O)N1CCC[C@@H](C(=O)Nc2cc(-c3cc(NCC4CCOCC4)ncc3Cl)c(Cl)cn2)C1. The highest BCUT2D eigenvalue weighted by molar-refractivity contribution is 6.36. The molecule has 206 valence electrons. The monoisotopic (exact) mass is 563 g/mol. The Hall–Kier alpha value is -2.62. The predicted octanol–water partition coefficient (Wildman–Crippen LogP) is 5.87. The number of carbonyl (C=O) groups is 2. The number of piperidine rings is 1. The molecule has 0 spiro atoms. The maximum absolute atomic E-state index is 13.1. The van der Waals surface area contributed by atoms with Gasteiger partial charge in [-0.15, -0.1) is 0 Å². The summed E-state index contributed by atoms with van der Waals surface area (Å²) in [7, 11) is 0. The van der Waals surface area contributed by atoms with Gasteiger partial charge in [0.15, 0.2) is 0 Å². The van der Waals surface area contributed by atoms with Crippen LogP contribution in [-0.2, 0) is 14.3 Å². The van der Waals surface area contributed by atoms with Crippen LogP contribution in [0.2, 0.25) is 10.0 Å². The van der Waals surface area contributed by atoms with Gasteiger partial charge < -0.3 is 25.0 Å². The van der Waals surface area contributed by atoms with Crippen molar-refractivity contribution >= 4 is 46.8 Å². The van der Waals surface area contributed by atoms with Gasteiger partial charge in [-0.3, -0.25) is 4.79 Å². The van der Waals surface area contributed by atoms with Crippen molar-refractivity contribution < 1.29 is 19.1 Å². The molecule has 2 aromatic heterocycles. The smallest absolute Gasteiger partial charge is 0.410 e. The summed E-state index contributed by atoms with van der Waals surface area (Å²) in [6.07, 6.45) is 6.09. The number of likely N-dealkylation sites (tertiary alicyclic amines) is 1. The van der Waals surface area contributed by atoms with Gasteiger partial charge in [-0.25, -0.2) is 14.8 Å². The van der Waals surface area contributed by atoms with Crippen molar-refractivity contribution in [1.29, 1.82) is 0 Å². The van der Waals surface area contributed by atoms with E-state index in [0.717, 1.165) is 32.6 Å². The average molecular weight is 565 g/mol. The third-order valence-electron chi connectivity index (χ3n) is 6.61. The van der Waals surface area contributed by atoms with Crippen molar-refractivity contribution in [2.45, 2.75) is 52.1 Å². The maximum atomic E-state index is 13.1. The fraction of sp³-hybridized carbons (Fsp3) is 0.556. The first-order chi connectivity index (χ1) is 18.1. The van der Waals surface area contributed by atoms with E-state index in [1.165, 1.54) is 6.20 Å². The first kappa shape index (κ1) is 28.4. The van der Waals surface area contributed by atoms with Crippen molar-refractivity contribution in [2.24, 2.45) is 11.8 Å². The van der Waals surface area contributed by atoms with Crippen LogP contribution in [0.1, 0.15) is 46.5 Å². The van der Waals surface area contributed by atoms with E-state index >= 15 is 0 Å². The molecule has 0 radical (unpaired) electrons. The Kier molecular flexibility index (Phi) is 9.33. The van der Waals surface area contributed by atoms with Crippen molar-refractivity contribution in [1.82, 2.24) is 14.9 Å². The maximum Gasteiger partial charge on any atom is 0.410 e. The zero-order valence-corrected chi connectivity index (χ0v) is 23.6. The van der Waals surface area contributed by atoms with Crippen LogP contribution in [0.4, 0.5) is 16.4 Å². The molecule has 4 heterocycles. The van der Waals surface area contributed by atoms with E-state index in [1.807, 2.05) is 26.8 Å². The second kappa shape index (κ2) is 12.5. The molecule has 0 bridgehead atoms. The first-order valence-corrected chi connectivity index (χ1v) is 13.8. The molecule has 2 saturated heterocycles. The fourth-order valence-electron chi connectivity index (χ4n) is 4.57. The molecule has 2 aliphatic heterocycles. The van der Waals surface area contributed by atoms with Gasteiger partial charge in [-0.1, -0.05) is 23.2 Å². The molecule has 2 amide bonds. The van der Waals surface area contributed by atoms with Gasteiger partial charge in [-0.05, 0) is 64.5 Å². The summed E-state index contributed by atoms with van der Waals surface area (Å²) in [6, 6.07) is 3.56. The Balaban J connectivity index is 1.44. The highest BCUT2D eigenvalue weighted by Crippen LogP contribution is 2.35. The highest BCUT2D eigenvalue weighted by Gasteiger charge is 2.31. The van der Waals surface area contributed by atoms with Gasteiger partial charge in [0.1, 0.15) is 17.2 Å². The molecule has 4 rings (SSSR count). The number of halogens is 2. The van der Waals surface area contributed by atoms with Gasteiger partial charge in [0, 0.05) is 56.4 Å². The Morgan fingerprint density at radius 1 is 1.05 bits per heavy atom. The summed E-state index contributed by atoms with van der Waals surface area (Å²) in [5.41, 5.74) is 0.731. The first-order valence-electron chi connectivity index (χ1n) is 13.0. The zero-order valence-electron chi connectivity index (χ0n) is 22.1. The molecule has 0 aromatic carbocycles. The number of aromatic nitrogens is 2. The van der Waals surface area contributed by atoms with E-state index in [-0.39, 0.29) is 11.8 Å². The summed E-state index contributed by atoms with van der Waals surface area (Å²) >= 11 is 13.0. The Morgan fingerprint density at radius 3 is 2.34 bits per heavy atom. The second-order valence-corrected chi connectivity index (χ2v) is 11.6. The minimum Gasteiger partial charge on any atom is -0.444 e. The molecule has 0 saturated carbocycles. The molecule has 1 atom stereocenters. The quantitative estimate of drug-likeness (QED) is 0.452. The molecule has 2 aromatic rings. The van der Waals surface area contributed by atoms with E-state index in [0.29, 0.717) is 64.7 Å². The summed E-state index contributed by atoms with van der Waals surface area (Å²) in [6.45, 7) is 8.69. The van der Waals surface area contributed by atoms with Crippen molar-refractivity contribution in [2.75, 3.05) is 43.5 Å². The molecule has 11 heteroatoms. The van der Waals surface area contributed by atoms with Crippen LogP contribution in [0.25, 0.3) is 11.1 Å². The lowest BCUT2D eigenvalue weighted by atomic mass is 9.97. The average Bonchev–Trinajstić information content (AvgIpc) is 2.89. The van der Waals surface area contributed by atoms with Crippen LogP contribution in [0.5, 0.6) is 0 Å². The number of rotatable bonds is 6. The molecule has 0 unspecified atom stereocenters. The number of amides is 2. The Morgan fingerprint density at radius 2 is 1.68 bits per heavy atom. The van der Waals surface area contributed by atoms with E-state index in [9.17, 15) is 9.59 Å². The highest BCUT2D eigenvalue weighted by atomic mass is 35.5. The van der Waals surface area contributed by atoms with E-state index < -0.39 is 11.7 Å². The number of pyridine rings is 2. The third-order valence-corrected chi connectivity index (χ3v) is 7.21.